The molecule has 5 heterocycles. The minimum absolute atomic E-state index is 0.620. The molecule has 0 saturated carbocycles. The number of aryl methyl sites for hydroxylation is 1. The van der Waals surface area contributed by atoms with Crippen LogP contribution in [-0.4, -0.2) is 4.68 Å². The third kappa shape index (κ3) is 2.83. The molecule has 1 unspecified atom stereocenters. The molecule has 0 radical (unpaired) electrons. The van der Waals surface area contributed by atoms with Crippen molar-refractivity contribution in [3.05, 3.63) is 163 Å². The molecule has 206 valence electrons. The minimum atomic E-state index is -0.620. The quantitative estimate of drug-likeness (QED) is 0.199. The van der Waals surface area contributed by atoms with Crippen LogP contribution in [0.4, 0.5) is 0 Å². The van der Waals surface area contributed by atoms with E-state index in [0.717, 1.165) is 17.2 Å². The lowest BCUT2D eigenvalue weighted by Crippen LogP contribution is -2.73. The molecule has 4 nitrogen and oxygen atoms in total. The summed E-state index contributed by atoms with van der Waals surface area (Å²) in [5, 5.41) is 0. The number of benzene rings is 5. The summed E-state index contributed by atoms with van der Waals surface area (Å²) < 4.78 is 13.9. The highest BCUT2D eigenvalue weighted by Gasteiger charge is 2.72. The van der Waals surface area contributed by atoms with Crippen molar-refractivity contribution in [2.45, 2.75) is 12.6 Å². The van der Waals surface area contributed by atoms with Gasteiger partial charge in [-0.3, -0.25) is 0 Å². The van der Waals surface area contributed by atoms with Gasteiger partial charge in [-0.2, -0.15) is 0 Å². The molecule has 44 heavy (non-hydrogen) atoms. The Morgan fingerprint density at radius 1 is 0.568 bits per heavy atom. The predicted molar refractivity (Wildman–Crippen MR) is 171 cm³/mol. The Kier molecular flexibility index (Phi) is 4.55. The van der Waals surface area contributed by atoms with Crippen LogP contribution in [0.1, 0.15) is 16.7 Å². The van der Waals surface area contributed by atoms with E-state index in [1.54, 1.807) is 0 Å². The van der Waals surface area contributed by atoms with Crippen molar-refractivity contribution in [2.24, 2.45) is 0 Å². The summed E-state index contributed by atoms with van der Waals surface area (Å²) in [5.41, 5.74) is 13.8. The van der Waals surface area contributed by atoms with E-state index in [1.807, 2.05) is 0 Å². The molecular weight excluding hydrogens is 538 g/mol. The highest BCUT2D eigenvalue weighted by atomic mass is 16.5. The van der Waals surface area contributed by atoms with Gasteiger partial charge in [-0.15, -0.1) is 9.25 Å². The predicted octanol–water partition coefficient (Wildman–Crippen LogP) is 8.06. The number of ether oxygens (including phenoxy) is 1. The Hall–Kier alpha value is -5.74. The lowest BCUT2D eigenvalue weighted by Gasteiger charge is -2.24. The van der Waals surface area contributed by atoms with Crippen molar-refractivity contribution >= 4 is 0 Å². The van der Waals surface area contributed by atoms with Crippen LogP contribution in [0.15, 0.2) is 146 Å². The van der Waals surface area contributed by atoms with Crippen molar-refractivity contribution < 1.29 is 14.0 Å². The summed E-state index contributed by atoms with van der Waals surface area (Å²) in [7, 11) is 0. The first-order valence-corrected chi connectivity index (χ1v) is 15.1. The van der Waals surface area contributed by atoms with Gasteiger partial charge in [0.2, 0.25) is 11.9 Å². The van der Waals surface area contributed by atoms with E-state index in [1.165, 1.54) is 61.3 Å². The van der Waals surface area contributed by atoms with Crippen molar-refractivity contribution in [3.8, 4) is 61.8 Å². The second-order valence-electron chi connectivity index (χ2n) is 11.9. The maximum atomic E-state index is 6.78. The molecule has 3 aliphatic rings. The van der Waals surface area contributed by atoms with Gasteiger partial charge in [0, 0.05) is 12.1 Å². The lowest BCUT2D eigenvalue weighted by atomic mass is 9.83. The third-order valence-corrected chi connectivity index (χ3v) is 9.65. The Morgan fingerprint density at radius 2 is 1.27 bits per heavy atom. The van der Waals surface area contributed by atoms with Crippen LogP contribution in [0, 0.1) is 6.92 Å². The number of rotatable bonds is 3. The average molecular weight is 566 g/mol. The van der Waals surface area contributed by atoms with Crippen LogP contribution >= 0.6 is 0 Å². The highest BCUT2D eigenvalue weighted by molar-refractivity contribution is 5.95. The largest absolute Gasteiger partial charge is 0.455 e. The fourth-order valence-corrected chi connectivity index (χ4v) is 7.88. The molecule has 0 bridgehead atoms. The number of nitrogens with zero attached hydrogens (tertiary/aromatic N) is 3. The van der Waals surface area contributed by atoms with Crippen molar-refractivity contribution in [1.29, 1.82) is 0 Å². The first-order chi connectivity index (χ1) is 21.7. The average Bonchev–Trinajstić information content (AvgIpc) is 3.76. The molecular formula is C40H27N3O+2. The van der Waals surface area contributed by atoms with Gasteiger partial charge in [-0.25, -0.2) is 0 Å². The topological polar surface area (TPSA) is 21.9 Å². The van der Waals surface area contributed by atoms with Gasteiger partial charge in [0.1, 0.15) is 17.2 Å². The highest BCUT2D eigenvalue weighted by Crippen LogP contribution is 2.58. The van der Waals surface area contributed by atoms with Gasteiger partial charge in [-0.1, -0.05) is 91.0 Å². The van der Waals surface area contributed by atoms with E-state index in [4.69, 9.17) is 4.74 Å². The van der Waals surface area contributed by atoms with Crippen molar-refractivity contribution in [3.63, 3.8) is 0 Å². The van der Waals surface area contributed by atoms with Gasteiger partial charge in [-0.05, 0) is 69.3 Å². The first kappa shape index (κ1) is 23.8. The number of fused-ring (bicyclic) bond motifs is 4. The smallest absolute Gasteiger partial charge is 0.447 e. The van der Waals surface area contributed by atoms with Gasteiger partial charge in [0.05, 0.1) is 17.3 Å². The van der Waals surface area contributed by atoms with Gasteiger partial charge < -0.3 is 4.74 Å². The summed E-state index contributed by atoms with van der Waals surface area (Å²) in [4.78, 5) is 0. The van der Waals surface area contributed by atoms with Gasteiger partial charge in [0.25, 0.3) is 0 Å². The van der Waals surface area contributed by atoms with E-state index < -0.39 is 5.66 Å². The molecule has 0 fully saturated rings. The van der Waals surface area contributed by atoms with E-state index in [9.17, 15) is 0 Å². The van der Waals surface area contributed by atoms with Gasteiger partial charge in [0.15, 0.2) is 17.3 Å². The van der Waals surface area contributed by atoms with Gasteiger partial charge >= 0.3 is 5.66 Å². The molecule has 1 spiro atoms. The van der Waals surface area contributed by atoms with E-state index in [0.29, 0.717) is 0 Å². The molecule has 2 aromatic heterocycles. The summed E-state index contributed by atoms with van der Waals surface area (Å²) >= 11 is 0. The van der Waals surface area contributed by atoms with Crippen LogP contribution in [0.3, 0.4) is 0 Å². The third-order valence-electron chi connectivity index (χ3n) is 9.65. The molecule has 0 saturated heterocycles. The van der Waals surface area contributed by atoms with E-state index in [2.05, 4.69) is 167 Å². The summed E-state index contributed by atoms with van der Waals surface area (Å²) in [5.74, 6) is 1.80. The van der Waals surface area contributed by atoms with E-state index >= 15 is 0 Å². The molecule has 4 heteroatoms. The molecule has 0 amide bonds. The molecule has 3 aliphatic heterocycles. The minimum Gasteiger partial charge on any atom is -0.455 e. The monoisotopic (exact) mass is 565 g/mol. The standard InChI is InChI=1S/C40H27N3O/c1-26-22-25-41-39(35(26)30-18-16-28(17-19-30)27-10-4-2-5-11-27)36-31(29-12-6-3-7-13-29)20-21-34-38(36)40(41)37-32(14-8-15-33(37)44-34)42-23-9-24-43(40)42/h2-25H,1H3/q+2. The zero-order valence-electron chi connectivity index (χ0n) is 24.1. The molecule has 5 aromatic carbocycles. The number of hydrogen-bond acceptors (Lipinski definition) is 1. The van der Waals surface area contributed by atoms with Crippen LogP contribution in [0.25, 0.3) is 50.3 Å². The van der Waals surface area contributed by atoms with Crippen LogP contribution < -0.4 is 14.0 Å². The second kappa shape index (κ2) is 8.42. The van der Waals surface area contributed by atoms with Crippen molar-refractivity contribution in [1.82, 2.24) is 4.68 Å². The first-order valence-electron chi connectivity index (χ1n) is 15.1. The SMILES string of the molecule is Cc1cc[n+]2c(c1-c1ccc(-c3ccccc3)cc1)-c1c(-c3ccccc3)ccc3c1C21c2c(cccc2-n2ccc[n+]21)O3. The maximum absolute atomic E-state index is 6.78. The Labute approximate surface area is 255 Å². The zero-order chi connectivity index (χ0) is 29.0. The normalized spacial score (nSPS) is 16.1. The Bertz CT molecular complexity index is 2300. The summed E-state index contributed by atoms with van der Waals surface area (Å²) in [6, 6.07) is 45.6. The number of aromatic nitrogens is 3. The maximum Gasteiger partial charge on any atom is 0.447 e. The lowest BCUT2D eigenvalue weighted by molar-refractivity contribution is -0.988. The molecule has 7 aromatic rings. The fraction of sp³-hybridized carbons (Fsp3) is 0.0500. The van der Waals surface area contributed by atoms with Crippen LogP contribution in [-0.2, 0) is 5.66 Å². The van der Waals surface area contributed by atoms with Crippen LogP contribution in [0.2, 0.25) is 0 Å². The summed E-state index contributed by atoms with van der Waals surface area (Å²) in [6.45, 7) is 2.23. The molecule has 0 aliphatic carbocycles. The second-order valence-corrected chi connectivity index (χ2v) is 11.9. The Morgan fingerprint density at radius 3 is 2.07 bits per heavy atom. The van der Waals surface area contributed by atoms with Crippen molar-refractivity contribution in [2.75, 3.05) is 0 Å². The Balaban J connectivity index is 1.34. The van der Waals surface area contributed by atoms with E-state index in [-0.39, 0.29) is 0 Å². The number of hydrogen-bond donors (Lipinski definition) is 0. The molecule has 10 rings (SSSR count). The molecule has 1 atom stereocenters. The summed E-state index contributed by atoms with van der Waals surface area (Å²) in [6.07, 6.45) is 6.64. The zero-order valence-corrected chi connectivity index (χ0v) is 24.1. The number of pyridine rings is 1. The van der Waals surface area contributed by atoms with Crippen LogP contribution in [0.5, 0.6) is 11.5 Å². The fourth-order valence-electron chi connectivity index (χ4n) is 7.88. The molecule has 0 N–H and O–H groups in total.